The zero-order valence-corrected chi connectivity index (χ0v) is 15.1. The van der Waals surface area contributed by atoms with Gasteiger partial charge in [0.1, 0.15) is 28.2 Å². The van der Waals surface area contributed by atoms with E-state index >= 15 is 0 Å². The summed E-state index contributed by atoms with van der Waals surface area (Å²) in [4.78, 5) is 26.4. The molecule has 0 atom stereocenters. The number of rotatable bonds is 5. The molecule has 0 aliphatic heterocycles. The standard InChI is InChI=1S/C20H18N4O4/c1-2-11-6-5-9-14(28-10-15(25)26)18(11)24-19(21)16-17(23-24)12-7-3-4-8-13(12)22-20(16)27/h3-9H,2,10,21H2,1H3,(H,22,27)(H,25,26). The summed E-state index contributed by atoms with van der Waals surface area (Å²) in [6, 6.07) is 12.7. The third-order valence-electron chi connectivity index (χ3n) is 4.60. The number of nitrogens with one attached hydrogen (secondary N) is 1. The van der Waals surface area contributed by atoms with Crippen molar-refractivity contribution >= 4 is 33.6 Å². The van der Waals surface area contributed by atoms with E-state index in [0.717, 1.165) is 10.9 Å². The molecule has 4 N–H and O–H groups in total. The van der Waals surface area contributed by atoms with Crippen LogP contribution in [-0.2, 0) is 11.2 Å². The van der Waals surface area contributed by atoms with Crippen LogP contribution in [0, 0.1) is 0 Å². The van der Waals surface area contributed by atoms with E-state index in [4.69, 9.17) is 15.6 Å². The summed E-state index contributed by atoms with van der Waals surface area (Å²) < 4.78 is 6.92. The Bertz CT molecular complexity index is 1270. The van der Waals surface area contributed by atoms with Gasteiger partial charge in [-0.25, -0.2) is 9.48 Å². The average molecular weight is 378 g/mol. The number of hydrogen-bond acceptors (Lipinski definition) is 5. The molecule has 4 rings (SSSR count). The number of ether oxygens (including phenoxy) is 1. The fourth-order valence-corrected chi connectivity index (χ4v) is 3.35. The summed E-state index contributed by atoms with van der Waals surface area (Å²) >= 11 is 0. The third-order valence-corrected chi connectivity index (χ3v) is 4.60. The second-order valence-corrected chi connectivity index (χ2v) is 6.32. The molecule has 4 aromatic rings. The lowest BCUT2D eigenvalue weighted by molar-refractivity contribution is -0.139. The molecule has 142 valence electrons. The second kappa shape index (κ2) is 6.73. The number of aromatic amines is 1. The van der Waals surface area contributed by atoms with Gasteiger partial charge in [-0.05, 0) is 24.1 Å². The van der Waals surface area contributed by atoms with Gasteiger partial charge in [-0.15, -0.1) is 0 Å². The normalized spacial score (nSPS) is 11.2. The van der Waals surface area contributed by atoms with Crippen molar-refractivity contribution in [2.45, 2.75) is 13.3 Å². The van der Waals surface area contributed by atoms with Crippen LogP contribution < -0.4 is 16.0 Å². The summed E-state index contributed by atoms with van der Waals surface area (Å²) in [6.45, 7) is 1.46. The van der Waals surface area contributed by atoms with Gasteiger partial charge < -0.3 is 20.6 Å². The van der Waals surface area contributed by atoms with Crippen molar-refractivity contribution in [1.82, 2.24) is 14.8 Å². The quantitative estimate of drug-likeness (QED) is 0.490. The highest BCUT2D eigenvalue weighted by molar-refractivity contribution is 6.06. The van der Waals surface area contributed by atoms with Gasteiger partial charge in [-0.2, -0.15) is 5.10 Å². The number of pyridine rings is 1. The maximum Gasteiger partial charge on any atom is 0.341 e. The smallest absolute Gasteiger partial charge is 0.341 e. The number of carbonyl (C=O) groups is 1. The highest BCUT2D eigenvalue weighted by atomic mass is 16.5. The van der Waals surface area contributed by atoms with E-state index < -0.39 is 12.6 Å². The molecule has 0 unspecified atom stereocenters. The summed E-state index contributed by atoms with van der Waals surface area (Å²) in [7, 11) is 0. The summed E-state index contributed by atoms with van der Waals surface area (Å²) in [5.74, 6) is -0.584. The first kappa shape index (κ1) is 17.6. The number of para-hydroxylation sites is 2. The predicted molar refractivity (Wildman–Crippen MR) is 106 cm³/mol. The molecule has 2 aromatic heterocycles. The van der Waals surface area contributed by atoms with Gasteiger partial charge in [0.25, 0.3) is 5.56 Å². The largest absolute Gasteiger partial charge is 0.480 e. The molecule has 0 saturated carbocycles. The van der Waals surface area contributed by atoms with E-state index in [1.165, 1.54) is 4.68 Å². The van der Waals surface area contributed by atoms with Crippen LogP contribution in [0.3, 0.4) is 0 Å². The number of benzene rings is 2. The van der Waals surface area contributed by atoms with E-state index in [-0.39, 0.29) is 16.8 Å². The van der Waals surface area contributed by atoms with E-state index in [2.05, 4.69) is 10.1 Å². The summed E-state index contributed by atoms with van der Waals surface area (Å²) in [5, 5.41) is 14.6. The first-order chi connectivity index (χ1) is 13.5. The number of carboxylic acids is 1. The number of aliphatic carboxylic acids is 1. The van der Waals surface area contributed by atoms with E-state index in [0.29, 0.717) is 28.9 Å². The number of nitrogen functional groups attached to an aromatic ring is 1. The number of fused-ring (bicyclic) bond motifs is 3. The molecule has 2 aromatic carbocycles. The highest BCUT2D eigenvalue weighted by Gasteiger charge is 2.20. The number of aryl methyl sites for hydroxylation is 1. The minimum absolute atomic E-state index is 0.170. The van der Waals surface area contributed by atoms with Crippen LogP contribution in [0.5, 0.6) is 5.75 Å². The van der Waals surface area contributed by atoms with Crippen molar-refractivity contribution in [3.63, 3.8) is 0 Å². The van der Waals surface area contributed by atoms with Gasteiger partial charge in [0.2, 0.25) is 0 Å². The molecule has 28 heavy (non-hydrogen) atoms. The van der Waals surface area contributed by atoms with E-state index in [9.17, 15) is 9.59 Å². The molecule has 8 nitrogen and oxygen atoms in total. The first-order valence-corrected chi connectivity index (χ1v) is 8.77. The van der Waals surface area contributed by atoms with Crippen LogP contribution in [0.4, 0.5) is 5.82 Å². The van der Waals surface area contributed by atoms with Crippen molar-refractivity contribution in [3.05, 3.63) is 58.4 Å². The van der Waals surface area contributed by atoms with Gasteiger partial charge in [0.15, 0.2) is 6.61 Å². The summed E-state index contributed by atoms with van der Waals surface area (Å²) in [5.41, 5.74) is 8.52. The molecule has 0 aliphatic rings. The predicted octanol–water partition coefficient (Wildman–Crippen LogP) is 2.48. The second-order valence-electron chi connectivity index (χ2n) is 6.32. The number of aromatic nitrogens is 3. The molecular formula is C20H18N4O4. The van der Waals surface area contributed by atoms with Gasteiger partial charge in [-0.1, -0.05) is 37.3 Å². The lowest BCUT2D eigenvalue weighted by Crippen LogP contribution is -2.13. The Labute approximate surface area is 159 Å². The number of nitrogens with two attached hydrogens (primary N) is 1. The van der Waals surface area contributed by atoms with Gasteiger partial charge in [-0.3, -0.25) is 4.79 Å². The zero-order valence-electron chi connectivity index (χ0n) is 15.1. The van der Waals surface area contributed by atoms with E-state index in [1.807, 2.05) is 31.2 Å². The SMILES string of the molecule is CCc1cccc(OCC(=O)O)c1-n1nc2c(c1N)c(=O)[nH]c1ccccc12. The molecule has 0 radical (unpaired) electrons. The maximum absolute atomic E-state index is 12.6. The Morgan fingerprint density at radius 2 is 2.04 bits per heavy atom. The summed E-state index contributed by atoms with van der Waals surface area (Å²) in [6.07, 6.45) is 0.645. The van der Waals surface area contributed by atoms with Gasteiger partial charge in [0, 0.05) is 5.39 Å². The third kappa shape index (κ3) is 2.75. The highest BCUT2D eigenvalue weighted by Crippen LogP contribution is 2.33. The molecule has 0 aliphatic carbocycles. The Hall–Kier alpha value is -3.81. The van der Waals surface area contributed by atoms with Crippen LogP contribution in [-0.4, -0.2) is 32.4 Å². The Balaban J connectivity index is 2.04. The van der Waals surface area contributed by atoms with Crippen molar-refractivity contribution in [2.24, 2.45) is 0 Å². The Kier molecular flexibility index (Phi) is 4.23. The fourth-order valence-electron chi connectivity index (χ4n) is 3.35. The topological polar surface area (TPSA) is 123 Å². The molecule has 8 heteroatoms. The number of hydrogen-bond donors (Lipinski definition) is 3. The van der Waals surface area contributed by atoms with Crippen LogP contribution in [0.25, 0.3) is 27.5 Å². The first-order valence-electron chi connectivity index (χ1n) is 8.77. The number of anilines is 1. The zero-order chi connectivity index (χ0) is 19.8. The fraction of sp³-hybridized carbons (Fsp3) is 0.150. The van der Waals surface area contributed by atoms with Crippen LogP contribution >= 0.6 is 0 Å². The maximum atomic E-state index is 12.6. The molecule has 0 bridgehead atoms. The molecule has 0 spiro atoms. The van der Waals surface area contributed by atoms with Crippen LogP contribution in [0.15, 0.2) is 47.3 Å². The van der Waals surface area contributed by atoms with Crippen LogP contribution in [0.1, 0.15) is 12.5 Å². The number of H-pyrrole nitrogens is 1. The lowest BCUT2D eigenvalue weighted by atomic mass is 10.1. The lowest BCUT2D eigenvalue weighted by Gasteiger charge is -2.15. The Morgan fingerprint density at radius 3 is 2.79 bits per heavy atom. The number of carboxylic acid groups (broad SMARTS) is 1. The van der Waals surface area contributed by atoms with Crippen molar-refractivity contribution in [1.29, 1.82) is 0 Å². The average Bonchev–Trinajstić information content (AvgIpc) is 3.03. The monoisotopic (exact) mass is 378 g/mol. The Morgan fingerprint density at radius 1 is 1.25 bits per heavy atom. The minimum atomic E-state index is -1.09. The molecule has 0 fully saturated rings. The van der Waals surface area contributed by atoms with Gasteiger partial charge >= 0.3 is 5.97 Å². The van der Waals surface area contributed by atoms with Crippen LogP contribution in [0.2, 0.25) is 0 Å². The molecule has 0 saturated heterocycles. The number of nitrogens with zero attached hydrogens (tertiary/aromatic N) is 2. The van der Waals surface area contributed by atoms with Crippen molar-refractivity contribution in [2.75, 3.05) is 12.3 Å². The van der Waals surface area contributed by atoms with E-state index in [1.54, 1.807) is 18.2 Å². The molecular weight excluding hydrogens is 360 g/mol. The van der Waals surface area contributed by atoms with Gasteiger partial charge in [0.05, 0.1) is 5.52 Å². The van der Waals surface area contributed by atoms with Crippen molar-refractivity contribution < 1.29 is 14.6 Å². The molecule has 0 amide bonds. The van der Waals surface area contributed by atoms with Crippen molar-refractivity contribution in [3.8, 4) is 11.4 Å². The minimum Gasteiger partial charge on any atom is -0.480 e. The molecule has 2 heterocycles.